The van der Waals surface area contributed by atoms with E-state index in [-0.39, 0.29) is 31.6 Å². The second-order valence-electron chi connectivity index (χ2n) is 8.30. The first-order valence-electron chi connectivity index (χ1n) is 11.8. The predicted molar refractivity (Wildman–Crippen MR) is 128 cm³/mol. The van der Waals surface area contributed by atoms with Crippen LogP contribution in [0.25, 0.3) is 0 Å². The van der Waals surface area contributed by atoms with E-state index in [1.807, 2.05) is 6.07 Å². The van der Waals surface area contributed by atoms with Crippen LogP contribution >= 0.6 is 0 Å². The number of piperidine rings is 1. The molecular formula is C23H32N6O7. The van der Waals surface area contributed by atoms with Gasteiger partial charge in [-0.25, -0.2) is 14.4 Å². The van der Waals surface area contributed by atoms with Gasteiger partial charge in [-0.1, -0.05) is 30.3 Å². The van der Waals surface area contributed by atoms with E-state index in [4.69, 9.17) is 9.47 Å². The van der Waals surface area contributed by atoms with Gasteiger partial charge in [0.2, 0.25) is 5.91 Å². The van der Waals surface area contributed by atoms with Gasteiger partial charge in [0.05, 0.1) is 13.1 Å². The van der Waals surface area contributed by atoms with Gasteiger partial charge in [-0.2, -0.15) is 0 Å². The van der Waals surface area contributed by atoms with Crippen LogP contribution in [0, 0.1) is 5.92 Å². The van der Waals surface area contributed by atoms with Crippen molar-refractivity contribution in [2.45, 2.75) is 25.5 Å². The molecule has 0 bridgehead atoms. The summed E-state index contributed by atoms with van der Waals surface area (Å²) in [6.07, 6.45) is -0.495. The van der Waals surface area contributed by atoms with Crippen molar-refractivity contribution in [2.75, 3.05) is 45.9 Å². The molecule has 0 aromatic heterocycles. The smallest absolute Gasteiger partial charge is 0.409 e. The first-order chi connectivity index (χ1) is 17.4. The molecule has 13 heteroatoms. The van der Waals surface area contributed by atoms with Crippen LogP contribution in [0.4, 0.5) is 9.59 Å². The van der Waals surface area contributed by atoms with Crippen molar-refractivity contribution < 1.29 is 33.8 Å². The molecule has 0 saturated carbocycles. The number of carboxylic acid groups (broad SMARTS) is 1. The summed E-state index contributed by atoms with van der Waals surface area (Å²) in [5, 5.41) is 20.3. The fourth-order valence-electron chi connectivity index (χ4n) is 3.69. The lowest BCUT2D eigenvalue weighted by molar-refractivity contribution is -0.139. The number of carboxylic acids is 1. The van der Waals surface area contributed by atoms with E-state index in [9.17, 15) is 24.3 Å². The van der Waals surface area contributed by atoms with Crippen molar-refractivity contribution in [1.29, 1.82) is 0 Å². The summed E-state index contributed by atoms with van der Waals surface area (Å²) in [6, 6.07) is 7.62. The third-order valence-electron chi connectivity index (χ3n) is 5.70. The summed E-state index contributed by atoms with van der Waals surface area (Å²) in [7, 11) is 0. The number of aliphatic imine (C=N–C) groups is 1. The van der Waals surface area contributed by atoms with Crippen LogP contribution in [0.5, 0.6) is 0 Å². The molecule has 1 aromatic rings. The lowest BCUT2D eigenvalue weighted by Gasteiger charge is -2.30. The van der Waals surface area contributed by atoms with Gasteiger partial charge in [0.15, 0.2) is 5.96 Å². The summed E-state index contributed by atoms with van der Waals surface area (Å²) in [5.41, 5.74) is 0.760. The third-order valence-corrected chi connectivity index (χ3v) is 5.70. The van der Waals surface area contributed by atoms with E-state index in [1.165, 1.54) is 0 Å². The number of amides is 3. The van der Waals surface area contributed by atoms with Crippen LogP contribution in [-0.4, -0.2) is 91.9 Å². The van der Waals surface area contributed by atoms with Crippen LogP contribution < -0.4 is 21.3 Å². The maximum Gasteiger partial charge on any atom is 0.409 e. The van der Waals surface area contributed by atoms with Crippen molar-refractivity contribution in [1.82, 2.24) is 26.2 Å². The average Bonchev–Trinajstić information content (AvgIpc) is 3.41. The number of guanidine groups is 1. The number of rotatable bonds is 10. The van der Waals surface area contributed by atoms with Crippen LogP contribution in [-0.2, 0) is 25.7 Å². The summed E-state index contributed by atoms with van der Waals surface area (Å²) in [4.78, 5) is 53.9. The molecule has 13 nitrogen and oxygen atoms in total. The van der Waals surface area contributed by atoms with Crippen molar-refractivity contribution in [3.8, 4) is 0 Å². The summed E-state index contributed by atoms with van der Waals surface area (Å²) >= 11 is 0. The molecule has 2 heterocycles. The predicted octanol–water partition coefficient (Wildman–Crippen LogP) is -0.120. The monoisotopic (exact) mass is 504 g/mol. The van der Waals surface area contributed by atoms with Crippen molar-refractivity contribution in [3.63, 3.8) is 0 Å². The van der Waals surface area contributed by atoms with Crippen molar-refractivity contribution in [3.05, 3.63) is 35.9 Å². The molecule has 36 heavy (non-hydrogen) atoms. The van der Waals surface area contributed by atoms with E-state index in [2.05, 4.69) is 26.3 Å². The Hall–Kier alpha value is -4.03. The number of nitrogens with one attached hydrogen (secondary N) is 4. The van der Waals surface area contributed by atoms with E-state index >= 15 is 0 Å². The number of alkyl carbamates (subject to hydrolysis) is 1. The highest BCUT2D eigenvalue weighted by Crippen LogP contribution is 2.18. The minimum Gasteiger partial charge on any atom is -0.480 e. The number of hydrogen-bond donors (Lipinski definition) is 5. The SMILES string of the molecule is O=C(N[C@@H](CNC(=O)C1CCN(C(=O)OCCNC2=NCCN2)CC1)C(=O)O)OCc1ccccc1. The Bertz CT molecular complexity index is 934. The number of carbonyl (C=O) groups is 4. The molecule has 1 aromatic carbocycles. The number of nitrogens with zero attached hydrogens (tertiary/aromatic N) is 2. The normalized spacial score (nSPS) is 16.2. The minimum atomic E-state index is -1.34. The van der Waals surface area contributed by atoms with Crippen LogP contribution in [0.1, 0.15) is 18.4 Å². The largest absolute Gasteiger partial charge is 0.480 e. The molecule has 0 aliphatic carbocycles. The Labute approximate surface area is 208 Å². The number of hydrogen-bond acceptors (Lipinski definition) is 9. The Kier molecular flexibility index (Phi) is 10.2. The molecular weight excluding hydrogens is 472 g/mol. The molecule has 196 valence electrons. The fourth-order valence-corrected chi connectivity index (χ4v) is 3.69. The zero-order valence-electron chi connectivity index (χ0n) is 19.9. The molecule has 0 unspecified atom stereocenters. The summed E-state index contributed by atoms with van der Waals surface area (Å²) in [5.74, 6) is -1.30. The molecule has 1 atom stereocenters. The minimum absolute atomic E-state index is 0.00457. The first-order valence-corrected chi connectivity index (χ1v) is 11.8. The van der Waals surface area contributed by atoms with Crippen molar-refractivity contribution >= 4 is 30.0 Å². The second kappa shape index (κ2) is 13.8. The highest BCUT2D eigenvalue weighted by atomic mass is 16.6. The van der Waals surface area contributed by atoms with Gasteiger partial charge in [-0.3, -0.25) is 9.79 Å². The van der Waals surface area contributed by atoms with Crippen LogP contribution in [0.3, 0.4) is 0 Å². The molecule has 3 amide bonds. The highest BCUT2D eigenvalue weighted by Gasteiger charge is 2.29. The summed E-state index contributed by atoms with van der Waals surface area (Å²) in [6.45, 7) is 2.56. The van der Waals surface area contributed by atoms with E-state index in [0.29, 0.717) is 38.4 Å². The molecule has 5 N–H and O–H groups in total. The molecule has 1 saturated heterocycles. The maximum absolute atomic E-state index is 12.5. The number of aliphatic carboxylic acids is 1. The maximum atomic E-state index is 12.5. The molecule has 1 fully saturated rings. The molecule has 3 rings (SSSR count). The van der Waals surface area contributed by atoms with Gasteiger partial charge in [0.1, 0.15) is 19.3 Å². The summed E-state index contributed by atoms with van der Waals surface area (Å²) < 4.78 is 10.3. The van der Waals surface area contributed by atoms with E-state index < -0.39 is 24.2 Å². The fraction of sp³-hybridized carbons (Fsp3) is 0.522. The lowest BCUT2D eigenvalue weighted by atomic mass is 9.96. The number of ether oxygens (including phenoxy) is 2. The number of carbonyl (C=O) groups excluding carboxylic acids is 3. The molecule has 2 aliphatic rings. The van der Waals surface area contributed by atoms with Crippen LogP contribution in [0.15, 0.2) is 35.3 Å². The quantitative estimate of drug-likeness (QED) is 0.273. The van der Waals surface area contributed by atoms with E-state index in [1.54, 1.807) is 29.2 Å². The Morgan fingerprint density at radius 2 is 1.89 bits per heavy atom. The molecule has 0 spiro atoms. The zero-order chi connectivity index (χ0) is 25.8. The topological polar surface area (TPSA) is 171 Å². The number of benzene rings is 1. The Morgan fingerprint density at radius 1 is 1.14 bits per heavy atom. The van der Waals surface area contributed by atoms with Gasteiger partial charge in [0, 0.05) is 32.1 Å². The Balaban J connectivity index is 1.32. The second-order valence-corrected chi connectivity index (χ2v) is 8.30. The third kappa shape index (κ3) is 8.64. The molecule has 0 radical (unpaired) electrons. The Morgan fingerprint density at radius 3 is 2.56 bits per heavy atom. The highest BCUT2D eigenvalue weighted by molar-refractivity contribution is 5.83. The lowest BCUT2D eigenvalue weighted by Crippen LogP contribution is -2.50. The van der Waals surface area contributed by atoms with Gasteiger partial charge >= 0.3 is 18.2 Å². The number of likely N-dealkylation sites (tertiary alicyclic amines) is 1. The zero-order valence-corrected chi connectivity index (χ0v) is 19.9. The van der Waals surface area contributed by atoms with E-state index in [0.717, 1.165) is 18.7 Å². The van der Waals surface area contributed by atoms with Crippen LogP contribution in [0.2, 0.25) is 0 Å². The molecule has 2 aliphatic heterocycles. The van der Waals surface area contributed by atoms with Gasteiger partial charge in [-0.05, 0) is 18.4 Å². The standard InChI is InChI=1S/C23H32N6O7/c30-19(27-14-18(20(31)32)28-22(33)36-15-16-4-2-1-3-5-16)17-6-11-29(12-7-17)23(34)35-13-10-26-21-24-8-9-25-21/h1-5,17-18H,6-15H2,(H,27,30)(H,28,33)(H,31,32)(H2,24,25,26)/t18-/m0/s1. The van der Waals surface area contributed by atoms with Crippen molar-refractivity contribution in [2.24, 2.45) is 10.9 Å². The first kappa shape index (κ1) is 26.6. The van der Waals surface area contributed by atoms with Gasteiger partial charge < -0.3 is 40.7 Å². The van der Waals surface area contributed by atoms with Gasteiger partial charge in [-0.15, -0.1) is 0 Å². The average molecular weight is 505 g/mol. The van der Waals surface area contributed by atoms with Gasteiger partial charge in [0.25, 0.3) is 0 Å².